The lowest BCUT2D eigenvalue weighted by Gasteiger charge is -2.37. The average molecular weight is 210 g/mol. The summed E-state index contributed by atoms with van der Waals surface area (Å²) in [6.45, 7) is 17.0. The van der Waals surface area contributed by atoms with E-state index in [9.17, 15) is 0 Å². The Bertz CT molecular complexity index is 207. The second-order valence-corrected chi connectivity index (χ2v) is 7.49. The molecule has 3 unspecified atom stereocenters. The first-order chi connectivity index (χ1) is 6.68. The van der Waals surface area contributed by atoms with E-state index in [1.165, 1.54) is 19.3 Å². The summed E-state index contributed by atoms with van der Waals surface area (Å²) in [4.78, 5) is 0. The number of hydrogen-bond donors (Lipinski definition) is 0. The molecular weight excluding hydrogens is 180 g/mol. The van der Waals surface area contributed by atoms with Crippen molar-refractivity contribution in [2.24, 2.45) is 28.6 Å². The molecule has 0 nitrogen and oxygen atoms in total. The first-order valence-corrected chi connectivity index (χ1v) is 6.68. The van der Waals surface area contributed by atoms with Crippen molar-refractivity contribution in [3.63, 3.8) is 0 Å². The van der Waals surface area contributed by atoms with Gasteiger partial charge in [0.05, 0.1) is 0 Å². The van der Waals surface area contributed by atoms with Crippen molar-refractivity contribution >= 4 is 0 Å². The molecule has 15 heavy (non-hydrogen) atoms. The Morgan fingerprint density at radius 1 is 1.27 bits per heavy atom. The standard InChI is InChI=1S/C15H30/c1-8-11(2)12-9-13(14(3,4)5)15(6,7)10-12/h11-13H,8-10H2,1-7H3. The molecule has 0 amide bonds. The molecule has 0 bridgehead atoms. The molecule has 0 heterocycles. The van der Waals surface area contributed by atoms with Crippen LogP contribution in [0.25, 0.3) is 0 Å². The van der Waals surface area contributed by atoms with Crippen LogP contribution in [0.4, 0.5) is 0 Å². The maximum atomic E-state index is 2.48. The Kier molecular flexibility index (Phi) is 3.58. The Morgan fingerprint density at radius 3 is 2.13 bits per heavy atom. The predicted octanol–water partition coefficient (Wildman–Crippen LogP) is 5.13. The zero-order valence-corrected chi connectivity index (χ0v) is 11.9. The van der Waals surface area contributed by atoms with Crippen LogP contribution in [0.15, 0.2) is 0 Å². The van der Waals surface area contributed by atoms with Gasteiger partial charge in [-0.25, -0.2) is 0 Å². The first-order valence-electron chi connectivity index (χ1n) is 6.68. The third-order valence-corrected chi connectivity index (χ3v) is 4.76. The van der Waals surface area contributed by atoms with Crippen LogP contribution in [0.1, 0.15) is 67.7 Å². The molecule has 0 saturated heterocycles. The summed E-state index contributed by atoms with van der Waals surface area (Å²) in [5.41, 5.74) is 1.03. The molecule has 0 aromatic carbocycles. The molecule has 0 aromatic heterocycles. The van der Waals surface area contributed by atoms with E-state index in [2.05, 4.69) is 48.5 Å². The normalized spacial score (nSPS) is 33.0. The van der Waals surface area contributed by atoms with Crippen LogP contribution < -0.4 is 0 Å². The third kappa shape index (κ3) is 2.77. The van der Waals surface area contributed by atoms with Gasteiger partial charge in [0.1, 0.15) is 0 Å². The molecule has 90 valence electrons. The Morgan fingerprint density at radius 2 is 1.80 bits per heavy atom. The van der Waals surface area contributed by atoms with E-state index in [1.807, 2.05) is 0 Å². The van der Waals surface area contributed by atoms with Crippen molar-refractivity contribution in [3.8, 4) is 0 Å². The van der Waals surface area contributed by atoms with E-state index >= 15 is 0 Å². The van der Waals surface area contributed by atoms with Crippen LogP contribution in [0.3, 0.4) is 0 Å². The van der Waals surface area contributed by atoms with Crippen LogP contribution in [-0.2, 0) is 0 Å². The number of hydrogen-bond acceptors (Lipinski definition) is 0. The summed E-state index contributed by atoms with van der Waals surface area (Å²) < 4.78 is 0. The molecular formula is C15H30. The molecule has 0 N–H and O–H groups in total. The summed E-state index contributed by atoms with van der Waals surface area (Å²) in [6, 6.07) is 0. The highest BCUT2D eigenvalue weighted by molar-refractivity contribution is 4.96. The van der Waals surface area contributed by atoms with Gasteiger partial charge in [-0.1, -0.05) is 54.9 Å². The van der Waals surface area contributed by atoms with Crippen LogP contribution in [0.2, 0.25) is 0 Å². The monoisotopic (exact) mass is 210 g/mol. The largest absolute Gasteiger partial charge is 0.0651 e. The zero-order chi connectivity index (χ0) is 11.9. The van der Waals surface area contributed by atoms with Gasteiger partial charge >= 0.3 is 0 Å². The highest BCUT2D eigenvalue weighted by Crippen LogP contribution is 2.55. The van der Waals surface area contributed by atoms with E-state index in [4.69, 9.17) is 0 Å². The highest BCUT2D eigenvalue weighted by atomic mass is 14.5. The van der Waals surface area contributed by atoms with E-state index in [1.54, 1.807) is 0 Å². The lowest BCUT2D eigenvalue weighted by Crippen LogP contribution is -2.29. The minimum atomic E-state index is 0.478. The third-order valence-electron chi connectivity index (χ3n) is 4.76. The van der Waals surface area contributed by atoms with E-state index in [0.29, 0.717) is 10.8 Å². The van der Waals surface area contributed by atoms with Gasteiger partial charge in [-0.15, -0.1) is 0 Å². The van der Waals surface area contributed by atoms with Gasteiger partial charge in [0.15, 0.2) is 0 Å². The molecule has 0 aromatic rings. The topological polar surface area (TPSA) is 0 Å². The molecule has 0 heteroatoms. The molecule has 1 aliphatic rings. The summed E-state index contributed by atoms with van der Waals surface area (Å²) in [5, 5.41) is 0. The van der Waals surface area contributed by atoms with E-state index < -0.39 is 0 Å². The molecule has 1 aliphatic carbocycles. The highest BCUT2D eigenvalue weighted by Gasteiger charge is 2.46. The fraction of sp³-hybridized carbons (Fsp3) is 1.00. The van der Waals surface area contributed by atoms with E-state index in [0.717, 1.165) is 17.8 Å². The fourth-order valence-corrected chi connectivity index (χ4v) is 3.82. The van der Waals surface area contributed by atoms with Crippen LogP contribution >= 0.6 is 0 Å². The molecule has 1 rings (SSSR count). The van der Waals surface area contributed by atoms with Crippen molar-refractivity contribution in [2.45, 2.75) is 67.7 Å². The Labute approximate surface area is 96.8 Å². The smallest absolute Gasteiger partial charge is 0.0311 e. The van der Waals surface area contributed by atoms with Crippen LogP contribution in [0, 0.1) is 28.6 Å². The summed E-state index contributed by atoms with van der Waals surface area (Å²) in [5.74, 6) is 2.77. The minimum Gasteiger partial charge on any atom is -0.0651 e. The lowest BCUT2D eigenvalue weighted by molar-refractivity contribution is 0.120. The van der Waals surface area contributed by atoms with Gasteiger partial charge < -0.3 is 0 Å². The summed E-state index contributed by atoms with van der Waals surface area (Å²) >= 11 is 0. The van der Waals surface area contributed by atoms with E-state index in [-0.39, 0.29) is 0 Å². The van der Waals surface area contributed by atoms with Gasteiger partial charge in [-0.05, 0) is 41.4 Å². The van der Waals surface area contributed by atoms with Crippen LogP contribution in [-0.4, -0.2) is 0 Å². The Balaban J connectivity index is 2.77. The SMILES string of the molecule is CCC(C)C1CC(C(C)(C)C)C(C)(C)C1. The quantitative estimate of drug-likeness (QED) is 0.592. The molecule has 0 spiro atoms. The maximum Gasteiger partial charge on any atom is -0.0311 e. The molecule has 1 fully saturated rings. The number of rotatable bonds is 2. The van der Waals surface area contributed by atoms with Gasteiger partial charge in [-0.3, -0.25) is 0 Å². The van der Waals surface area contributed by atoms with Gasteiger partial charge in [-0.2, -0.15) is 0 Å². The molecule has 0 aliphatic heterocycles. The van der Waals surface area contributed by atoms with Crippen molar-refractivity contribution < 1.29 is 0 Å². The van der Waals surface area contributed by atoms with Gasteiger partial charge in [0.25, 0.3) is 0 Å². The Hall–Kier alpha value is 0. The summed E-state index contributed by atoms with van der Waals surface area (Å²) in [6.07, 6.45) is 4.23. The maximum absolute atomic E-state index is 2.48. The summed E-state index contributed by atoms with van der Waals surface area (Å²) in [7, 11) is 0. The van der Waals surface area contributed by atoms with Crippen molar-refractivity contribution in [3.05, 3.63) is 0 Å². The fourth-order valence-electron chi connectivity index (χ4n) is 3.82. The second kappa shape index (κ2) is 4.11. The second-order valence-electron chi connectivity index (χ2n) is 7.49. The van der Waals surface area contributed by atoms with Crippen molar-refractivity contribution in [2.75, 3.05) is 0 Å². The van der Waals surface area contributed by atoms with Gasteiger partial charge in [0, 0.05) is 0 Å². The average Bonchev–Trinajstić information content (AvgIpc) is 2.39. The van der Waals surface area contributed by atoms with Crippen molar-refractivity contribution in [1.29, 1.82) is 0 Å². The predicted molar refractivity (Wildman–Crippen MR) is 68.9 cm³/mol. The van der Waals surface area contributed by atoms with Gasteiger partial charge in [0.2, 0.25) is 0 Å². The molecule has 1 saturated carbocycles. The zero-order valence-electron chi connectivity index (χ0n) is 11.9. The first kappa shape index (κ1) is 13.1. The van der Waals surface area contributed by atoms with Crippen molar-refractivity contribution in [1.82, 2.24) is 0 Å². The van der Waals surface area contributed by atoms with Crippen LogP contribution in [0.5, 0.6) is 0 Å². The lowest BCUT2D eigenvalue weighted by atomic mass is 9.68. The minimum absolute atomic E-state index is 0.478. The molecule has 0 radical (unpaired) electrons. The molecule has 3 atom stereocenters.